The van der Waals surface area contributed by atoms with Gasteiger partial charge in [-0.05, 0) is 38.2 Å². The molecule has 112 valence electrons. The molecule has 1 fully saturated rings. The van der Waals surface area contributed by atoms with Crippen molar-refractivity contribution in [1.82, 2.24) is 5.32 Å². The first-order chi connectivity index (χ1) is 9.51. The molecule has 0 saturated heterocycles. The Bertz CT molecular complexity index is 474. The number of aryl methyl sites for hydroxylation is 1. The summed E-state index contributed by atoms with van der Waals surface area (Å²) in [5.41, 5.74) is 0. The number of aliphatic hydroxyl groups excluding tert-OH is 1. The molecule has 1 aliphatic rings. The Balaban J connectivity index is 2.07. The van der Waals surface area contributed by atoms with Crippen LogP contribution in [-0.2, 0) is 0 Å². The third-order valence-electron chi connectivity index (χ3n) is 3.19. The average molecular weight is 305 g/mol. The van der Waals surface area contributed by atoms with Gasteiger partial charge in [0, 0.05) is 17.5 Å². The van der Waals surface area contributed by atoms with Crippen molar-refractivity contribution in [1.29, 1.82) is 0 Å². The Kier molecular flexibility index (Phi) is 4.93. The maximum Gasteiger partial charge on any atom is 0.387 e. The summed E-state index contributed by atoms with van der Waals surface area (Å²) in [6, 6.07) is 1.33. The Morgan fingerprint density at radius 2 is 2.30 bits per heavy atom. The predicted molar refractivity (Wildman–Crippen MR) is 71.4 cm³/mol. The van der Waals surface area contributed by atoms with Crippen LogP contribution in [0.5, 0.6) is 5.75 Å². The van der Waals surface area contributed by atoms with E-state index in [0.29, 0.717) is 12.3 Å². The van der Waals surface area contributed by atoms with E-state index >= 15 is 0 Å². The number of ether oxygens (including phenoxy) is 1. The summed E-state index contributed by atoms with van der Waals surface area (Å²) >= 11 is 1.12. The minimum atomic E-state index is -2.95. The lowest BCUT2D eigenvalue weighted by atomic mass is 10.1. The van der Waals surface area contributed by atoms with Gasteiger partial charge in [-0.15, -0.1) is 11.3 Å². The maximum absolute atomic E-state index is 12.3. The number of thiophene rings is 1. The predicted octanol–water partition coefficient (Wildman–Crippen LogP) is 2.55. The van der Waals surface area contributed by atoms with Crippen LogP contribution in [-0.4, -0.2) is 30.3 Å². The van der Waals surface area contributed by atoms with Crippen molar-refractivity contribution >= 4 is 17.2 Å². The quantitative estimate of drug-likeness (QED) is 0.814. The van der Waals surface area contributed by atoms with Crippen molar-refractivity contribution in [2.24, 2.45) is 5.92 Å². The highest BCUT2D eigenvalue weighted by Gasteiger charge is 2.33. The molecule has 0 aromatic carbocycles. The fourth-order valence-electron chi connectivity index (χ4n) is 2.13. The van der Waals surface area contributed by atoms with E-state index in [0.717, 1.165) is 29.1 Å². The van der Waals surface area contributed by atoms with Crippen LogP contribution in [0.2, 0.25) is 0 Å². The van der Waals surface area contributed by atoms with Crippen LogP contribution in [0.4, 0.5) is 8.78 Å². The molecule has 4 nitrogen and oxygen atoms in total. The number of nitrogens with one attached hydrogen (secondary N) is 1. The SMILES string of the molecule is Cc1cc(OC(F)F)c(C(=O)NC(CCO)C2CC2)s1. The molecule has 1 aromatic rings. The van der Waals surface area contributed by atoms with Gasteiger partial charge in [0.2, 0.25) is 0 Å². The number of amides is 1. The molecule has 1 atom stereocenters. The third kappa shape index (κ3) is 3.89. The monoisotopic (exact) mass is 305 g/mol. The number of carbonyl (C=O) groups excluding carboxylic acids is 1. The fourth-order valence-corrected chi connectivity index (χ4v) is 2.98. The maximum atomic E-state index is 12.3. The lowest BCUT2D eigenvalue weighted by molar-refractivity contribution is -0.0498. The second-order valence-electron chi connectivity index (χ2n) is 4.86. The van der Waals surface area contributed by atoms with Gasteiger partial charge in [-0.1, -0.05) is 0 Å². The number of hydrogen-bond acceptors (Lipinski definition) is 4. The van der Waals surface area contributed by atoms with Gasteiger partial charge in [0.25, 0.3) is 5.91 Å². The van der Waals surface area contributed by atoms with Crippen molar-refractivity contribution in [3.05, 3.63) is 15.8 Å². The van der Waals surface area contributed by atoms with E-state index in [1.54, 1.807) is 6.92 Å². The van der Waals surface area contributed by atoms with Crippen LogP contribution in [0.25, 0.3) is 0 Å². The Labute approximate surface area is 119 Å². The van der Waals surface area contributed by atoms with Gasteiger partial charge in [0.1, 0.15) is 10.6 Å². The summed E-state index contributed by atoms with van der Waals surface area (Å²) in [7, 11) is 0. The Morgan fingerprint density at radius 1 is 1.60 bits per heavy atom. The number of halogens is 2. The molecule has 2 rings (SSSR count). The largest absolute Gasteiger partial charge is 0.433 e. The molecule has 0 radical (unpaired) electrons. The van der Waals surface area contributed by atoms with E-state index < -0.39 is 12.5 Å². The Morgan fingerprint density at radius 3 is 2.85 bits per heavy atom. The molecule has 0 aliphatic heterocycles. The standard InChI is InChI=1S/C13H17F2NO3S/c1-7-6-10(19-13(14)15)11(20-7)12(18)16-9(4-5-17)8-2-3-8/h6,8-9,13,17H,2-5H2,1H3,(H,16,18). The van der Waals surface area contributed by atoms with Gasteiger partial charge >= 0.3 is 6.61 Å². The second kappa shape index (κ2) is 6.49. The van der Waals surface area contributed by atoms with E-state index in [1.165, 1.54) is 6.07 Å². The van der Waals surface area contributed by atoms with E-state index in [-0.39, 0.29) is 23.3 Å². The molecule has 0 bridgehead atoms. The molecule has 1 aromatic heterocycles. The van der Waals surface area contributed by atoms with E-state index in [2.05, 4.69) is 10.1 Å². The van der Waals surface area contributed by atoms with Crippen molar-refractivity contribution in [3.8, 4) is 5.75 Å². The van der Waals surface area contributed by atoms with Gasteiger partial charge in [-0.2, -0.15) is 8.78 Å². The van der Waals surface area contributed by atoms with Crippen LogP contribution in [0.1, 0.15) is 33.8 Å². The van der Waals surface area contributed by atoms with Gasteiger partial charge in [-0.25, -0.2) is 0 Å². The smallest absolute Gasteiger partial charge is 0.387 e. The van der Waals surface area contributed by atoms with Crippen LogP contribution >= 0.6 is 11.3 Å². The van der Waals surface area contributed by atoms with Crippen LogP contribution in [0.3, 0.4) is 0 Å². The molecule has 0 spiro atoms. The highest BCUT2D eigenvalue weighted by atomic mass is 32.1. The summed E-state index contributed by atoms with van der Waals surface area (Å²) in [6.45, 7) is -1.23. The third-order valence-corrected chi connectivity index (χ3v) is 4.22. The summed E-state index contributed by atoms with van der Waals surface area (Å²) in [4.78, 5) is 13.1. The van der Waals surface area contributed by atoms with Crippen molar-refractivity contribution in [2.45, 2.75) is 38.8 Å². The van der Waals surface area contributed by atoms with Gasteiger partial charge in [0.15, 0.2) is 0 Å². The number of hydrogen-bond donors (Lipinski definition) is 2. The molecule has 20 heavy (non-hydrogen) atoms. The number of alkyl halides is 2. The summed E-state index contributed by atoms with van der Waals surface area (Å²) in [5, 5.41) is 11.8. The number of aliphatic hydroxyl groups is 1. The highest BCUT2D eigenvalue weighted by molar-refractivity contribution is 7.14. The van der Waals surface area contributed by atoms with Crippen molar-refractivity contribution < 1.29 is 23.4 Å². The molecule has 1 heterocycles. The first-order valence-electron chi connectivity index (χ1n) is 6.48. The summed E-state index contributed by atoms with van der Waals surface area (Å²) in [6.07, 6.45) is 2.52. The number of rotatable bonds is 7. The zero-order valence-corrected chi connectivity index (χ0v) is 11.9. The summed E-state index contributed by atoms with van der Waals surface area (Å²) in [5.74, 6) is -0.116. The fraction of sp³-hybridized carbons (Fsp3) is 0.615. The van der Waals surface area contributed by atoms with E-state index in [9.17, 15) is 13.6 Å². The van der Waals surface area contributed by atoms with Crippen molar-refractivity contribution in [3.63, 3.8) is 0 Å². The normalized spacial score (nSPS) is 16.2. The number of carbonyl (C=O) groups is 1. The molecular formula is C13H17F2NO3S. The first-order valence-corrected chi connectivity index (χ1v) is 7.30. The van der Waals surface area contributed by atoms with Crippen LogP contribution in [0.15, 0.2) is 6.07 Å². The van der Waals surface area contributed by atoms with Crippen molar-refractivity contribution in [2.75, 3.05) is 6.61 Å². The minimum Gasteiger partial charge on any atom is -0.433 e. The molecule has 1 saturated carbocycles. The molecule has 1 unspecified atom stereocenters. The average Bonchev–Trinajstić information content (AvgIpc) is 3.13. The lowest BCUT2D eigenvalue weighted by Gasteiger charge is -2.17. The topological polar surface area (TPSA) is 58.6 Å². The zero-order valence-electron chi connectivity index (χ0n) is 11.1. The zero-order chi connectivity index (χ0) is 14.7. The first kappa shape index (κ1) is 15.2. The molecule has 2 N–H and O–H groups in total. The van der Waals surface area contributed by atoms with Crippen LogP contribution < -0.4 is 10.1 Å². The van der Waals surface area contributed by atoms with E-state index in [1.807, 2.05) is 0 Å². The van der Waals surface area contributed by atoms with Gasteiger partial charge in [-0.3, -0.25) is 4.79 Å². The highest BCUT2D eigenvalue weighted by Crippen LogP contribution is 2.35. The molecule has 7 heteroatoms. The Hall–Kier alpha value is -1.21. The molecular weight excluding hydrogens is 288 g/mol. The lowest BCUT2D eigenvalue weighted by Crippen LogP contribution is -2.37. The minimum absolute atomic E-state index is 0.00862. The second-order valence-corrected chi connectivity index (χ2v) is 6.11. The van der Waals surface area contributed by atoms with Gasteiger partial charge in [0.05, 0.1) is 0 Å². The van der Waals surface area contributed by atoms with E-state index in [4.69, 9.17) is 5.11 Å². The van der Waals surface area contributed by atoms with Gasteiger partial charge < -0.3 is 15.2 Å². The molecule has 1 aliphatic carbocycles. The summed E-state index contributed by atoms with van der Waals surface area (Å²) < 4.78 is 29.0. The molecule has 1 amide bonds. The van der Waals surface area contributed by atoms with Crippen LogP contribution in [0, 0.1) is 12.8 Å².